The van der Waals surface area contributed by atoms with E-state index < -0.39 is 0 Å². The fraction of sp³-hybridized carbons (Fsp3) is 0.286. The van der Waals surface area contributed by atoms with Gasteiger partial charge in [-0.2, -0.15) is 5.26 Å². The molecule has 3 nitrogen and oxygen atoms in total. The summed E-state index contributed by atoms with van der Waals surface area (Å²) in [6.45, 7) is 3.73. The number of benzene rings is 1. The Hall–Kier alpha value is -2.08. The van der Waals surface area contributed by atoms with Crippen LogP contribution in [0.2, 0.25) is 0 Å². The summed E-state index contributed by atoms with van der Waals surface area (Å²) in [6.07, 6.45) is 0.695. The summed E-state index contributed by atoms with van der Waals surface area (Å²) in [4.78, 5) is 0. The van der Waals surface area contributed by atoms with Gasteiger partial charge in [0.05, 0.1) is 17.7 Å². The summed E-state index contributed by atoms with van der Waals surface area (Å²) in [5.74, 6) is 0.550. The zero-order valence-electron chi connectivity index (χ0n) is 9.97. The molecule has 0 radical (unpaired) electrons. The molecule has 0 bridgehead atoms. The van der Waals surface area contributed by atoms with Crippen molar-refractivity contribution in [3.8, 4) is 6.07 Å². The first-order valence-electron chi connectivity index (χ1n) is 5.58. The summed E-state index contributed by atoms with van der Waals surface area (Å²) in [6, 6.07) is 12.3. The number of aryl methyl sites for hydroxylation is 2. The van der Waals surface area contributed by atoms with E-state index in [0.29, 0.717) is 6.42 Å². The molecule has 86 valence electrons. The second kappa shape index (κ2) is 4.84. The average molecular weight is 226 g/mol. The van der Waals surface area contributed by atoms with Gasteiger partial charge in [0, 0.05) is 5.56 Å². The molecule has 0 spiro atoms. The Kier molecular flexibility index (Phi) is 3.24. The van der Waals surface area contributed by atoms with Crippen LogP contribution in [0.15, 0.2) is 34.9 Å². The van der Waals surface area contributed by atoms with E-state index in [4.69, 9.17) is 4.52 Å². The Bertz CT molecular complexity index is 518. The van der Waals surface area contributed by atoms with Crippen molar-refractivity contribution in [3.63, 3.8) is 0 Å². The summed E-state index contributed by atoms with van der Waals surface area (Å²) in [5, 5.41) is 13.2. The van der Waals surface area contributed by atoms with E-state index in [9.17, 15) is 5.26 Å². The van der Waals surface area contributed by atoms with Crippen LogP contribution in [0.25, 0.3) is 0 Å². The molecule has 1 aromatic heterocycles. The molecule has 0 fully saturated rings. The molecule has 0 saturated carbocycles. The average Bonchev–Trinajstić information content (AvgIpc) is 2.68. The molecule has 3 heteroatoms. The van der Waals surface area contributed by atoms with E-state index >= 15 is 0 Å². The summed E-state index contributed by atoms with van der Waals surface area (Å²) in [5.41, 5.74) is 2.89. The second-order valence-corrected chi connectivity index (χ2v) is 4.11. The highest BCUT2D eigenvalue weighted by atomic mass is 16.5. The summed E-state index contributed by atoms with van der Waals surface area (Å²) < 4.78 is 5.11. The lowest BCUT2D eigenvalue weighted by molar-refractivity contribution is 0.392. The molecule has 0 aliphatic heterocycles. The van der Waals surface area contributed by atoms with Crippen molar-refractivity contribution < 1.29 is 4.52 Å². The SMILES string of the molecule is Cc1noc(C)c1C(C#N)Cc1ccccc1. The van der Waals surface area contributed by atoms with Gasteiger partial charge in [0.25, 0.3) is 0 Å². The predicted molar refractivity (Wildman–Crippen MR) is 64.5 cm³/mol. The van der Waals surface area contributed by atoms with Gasteiger partial charge in [-0.25, -0.2) is 0 Å². The number of nitriles is 1. The molecule has 0 amide bonds. The molecular formula is C14H14N2O. The number of aromatic nitrogens is 1. The van der Waals surface area contributed by atoms with Crippen molar-refractivity contribution in [1.82, 2.24) is 5.16 Å². The molecule has 17 heavy (non-hydrogen) atoms. The Balaban J connectivity index is 2.27. The Morgan fingerprint density at radius 2 is 2.00 bits per heavy atom. The Morgan fingerprint density at radius 1 is 1.29 bits per heavy atom. The first-order chi connectivity index (χ1) is 8.22. The molecule has 1 heterocycles. The van der Waals surface area contributed by atoms with Crippen molar-refractivity contribution in [2.24, 2.45) is 0 Å². The molecule has 0 N–H and O–H groups in total. The van der Waals surface area contributed by atoms with Crippen molar-refractivity contribution in [2.45, 2.75) is 26.2 Å². The van der Waals surface area contributed by atoms with Crippen LogP contribution < -0.4 is 0 Å². The fourth-order valence-corrected chi connectivity index (χ4v) is 2.05. The molecule has 1 unspecified atom stereocenters. The highest BCUT2D eigenvalue weighted by molar-refractivity contribution is 5.33. The second-order valence-electron chi connectivity index (χ2n) is 4.11. The third-order valence-corrected chi connectivity index (χ3v) is 2.88. The normalized spacial score (nSPS) is 12.1. The van der Waals surface area contributed by atoms with E-state index in [0.717, 1.165) is 22.6 Å². The van der Waals surface area contributed by atoms with E-state index in [1.54, 1.807) is 0 Å². The fourth-order valence-electron chi connectivity index (χ4n) is 2.05. The quantitative estimate of drug-likeness (QED) is 0.807. The summed E-state index contributed by atoms with van der Waals surface area (Å²) in [7, 11) is 0. The van der Waals surface area contributed by atoms with Crippen LogP contribution in [0.5, 0.6) is 0 Å². The van der Waals surface area contributed by atoms with Crippen molar-refractivity contribution in [3.05, 3.63) is 52.9 Å². The van der Waals surface area contributed by atoms with E-state index in [-0.39, 0.29) is 5.92 Å². The molecule has 2 aromatic rings. The van der Waals surface area contributed by atoms with Gasteiger partial charge in [0.15, 0.2) is 0 Å². The zero-order chi connectivity index (χ0) is 12.3. The molecule has 0 saturated heterocycles. The molecule has 0 aliphatic rings. The first-order valence-corrected chi connectivity index (χ1v) is 5.58. The van der Waals surface area contributed by atoms with Crippen molar-refractivity contribution in [1.29, 1.82) is 5.26 Å². The third kappa shape index (κ3) is 2.36. The number of hydrogen-bond acceptors (Lipinski definition) is 3. The van der Waals surface area contributed by atoms with Gasteiger partial charge >= 0.3 is 0 Å². The standard InChI is InChI=1S/C14H14N2O/c1-10-14(11(2)17-16-10)13(9-15)8-12-6-4-3-5-7-12/h3-7,13H,8H2,1-2H3. The van der Waals surface area contributed by atoms with Gasteiger partial charge in [0.2, 0.25) is 0 Å². The lowest BCUT2D eigenvalue weighted by Crippen LogP contribution is -2.02. The van der Waals surface area contributed by atoms with Gasteiger partial charge in [-0.05, 0) is 25.8 Å². The van der Waals surface area contributed by atoms with E-state index in [1.165, 1.54) is 0 Å². The van der Waals surface area contributed by atoms with Gasteiger partial charge in [-0.1, -0.05) is 35.5 Å². The maximum atomic E-state index is 9.29. The molecule has 2 rings (SSSR count). The smallest absolute Gasteiger partial charge is 0.138 e. The van der Waals surface area contributed by atoms with Crippen LogP contribution in [0, 0.1) is 25.2 Å². The van der Waals surface area contributed by atoms with Crippen LogP contribution in [-0.4, -0.2) is 5.16 Å². The first kappa shape index (κ1) is 11.4. The number of nitrogens with zero attached hydrogens (tertiary/aromatic N) is 2. The lowest BCUT2D eigenvalue weighted by Gasteiger charge is -2.08. The van der Waals surface area contributed by atoms with Gasteiger partial charge < -0.3 is 4.52 Å². The topological polar surface area (TPSA) is 49.8 Å². The maximum Gasteiger partial charge on any atom is 0.138 e. The highest BCUT2D eigenvalue weighted by Crippen LogP contribution is 2.26. The lowest BCUT2D eigenvalue weighted by atomic mass is 9.92. The van der Waals surface area contributed by atoms with Crippen LogP contribution >= 0.6 is 0 Å². The summed E-state index contributed by atoms with van der Waals surface area (Å²) >= 11 is 0. The molecule has 0 aliphatic carbocycles. The van der Waals surface area contributed by atoms with Crippen LogP contribution in [0.4, 0.5) is 0 Å². The Morgan fingerprint density at radius 3 is 2.53 bits per heavy atom. The van der Waals surface area contributed by atoms with Crippen LogP contribution in [-0.2, 0) is 6.42 Å². The van der Waals surface area contributed by atoms with Gasteiger partial charge in [0.1, 0.15) is 5.76 Å². The zero-order valence-corrected chi connectivity index (χ0v) is 9.97. The minimum Gasteiger partial charge on any atom is -0.361 e. The minimum atomic E-state index is -0.191. The number of hydrogen-bond donors (Lipinski definition) is 0. The van der Waals surface area contributed by atoms with Crippen molar-refractivity contribution in [2.75, 3.05) is 0 Å². The molecule has 1 aromatic carbocycles. The van der Waals surface area contributed by atoms with Crippen molar-refractivity contribution >= 4 is 0 Å². The highest BCUT2D eigenvalue weighted by Gasteiger charge is 2.20. The Labute approximate surface area is 101 Å². The maximum absolute atomic E-state index is 9.29. The van der Waals surface area contributed by atoms with Crippen LogP contribution in [0.1, 0.15) is 28.5 Å². The van der Waals surface area contributed by atoms with Gasteiger partial charge in [-0.15, -0.1) is 0 Å². The molecule has 1 atom stereocenters. The molecular weight excluding hydrogens is 212 g/mol. The van der Waals surface area contributed by atoms with Gasteiger partial charge in [-0.3, -0.25) is 0 Å². The van der Waals surface area contributed by atoms with E-state index in [1.807, 2.05) is 44.2 Å². The monoisotopic (exact) mass is 226 g/mol. The van der Waals surface area contributed by atoms with E-state index in [2.05, 4.69) is 11.2 Å². The minimum absolute atomic E-state index is 0.191. The largest absolute Gasteiger partial charge is 0.361 e. The predicted octanol–water partition coefficient (Wildman–Crippen LogP) is 3.14. The number of rotatable bonds is 3. The third-order valence-electron chi connectivity index (χ3n) is 2.88. The van der Waals surface area contributed by atoms with Crippen LogP contribution in [0.3, 0.4) is 0 Å².